The lowest BCUT2D eigenvalue weighted by atomic mass is 9.59. The molecule has 1 spiro atoms. The summed E-state index contributed by atoms with van der Waals surface area (Å²) in [6.07, 6.45) is 0.414. The molecule has 3 heterocycles. The van der Waals surface area contributed by atoms with Gasteiger partial charge in [-0.3, -0.25) is 9.59 Å². The molecule has 3 aliphatic rings. The lowest BCUT2D eigenvalue weighted by molar-refractivity contribution is -0.131. The van der Waals surface area contributed by atoms with E-state index < -0.39 is 17.4 Å². The molecule has 0 aromatic heterocycles. The maximum atomic E-state index is 14.3. The Morgan fingerprint density at radius 1 is 1.05 bits per heavy atom. The summed E-state index contributed by atoms with van der Waals surface area (Å²) >= 11 is 19.3. The van der Waals surface area contributed by atoms with Crippen LogP contribution in [0.25, 0.3) is 0 Å². The van der Waals surface area contributed by atoms with Gasteiger partial charge >= 0.3 is 6.03 Å². The Balaban J connectivity index is 1.48. The summed E-state index contributed by atoms with van der Waals surface area (Å²) in [6.45, 7) is 3.37. The van der Waals surface area contributed by atoms with E-state index in [4.69, 9.17) is 39.5 Å². The molecule has 218 valence electrons. The number of urea groups is 1. The average molecular weight is 628 g/mol. The predicted molar refractivity (Wildman–Crippen MR) is 163 cm³/mol. The minimum atomic E-state index is -1.27. The van der Waals surface area contributed by atoms with Crippen LogP contribution in [-0.2, 0) is 15.0 Å². The zero-order valence-corrected chi connectivity index (χ0v) is 25.0. The third-order valence-electron chi connectivity index (χ3n) is 8.34. The molecule has 1 unspecified atom stereocenters. The maximum absolute atomic E-state index is 14.3. The molecule has 3 aromatic carbocycles. The number of anilines is 1. The first kappa shape index (κ1) is 28.6. The number of hydrogen-bond acceptors (Lipinski definition) is 4. The van der Waals surface area contributed by atoms with Crippen molar-refractivity contribution in [1.29, 1.82) is 0 Å². The van der Waals surface area contributed by atoms with Crippen LogP contribution in [0.15, 0.2) is 60.7 Å². The number of carbonyl (C=O) groups is 3. The number of rotatable bonds is 5. The third-order valence-corrected chi connectivity index (χ3v) is 9.04. The standard InChI is InChI=1S/C31H29Cl3N4O4/c1-2-35-30(41)38-11-10-21(16-38)42-26-9-7-19(33)13-22(26)28-31(23-8-6-20(34)14-25(23)36-29(31)40)24(15-27(39)37-28)17-4-3-5-18(32)12-17/h3-9,12-14,21,24,28H,2,10-11,15-16H2,1H3,(H,35,41)(H,36,40)(H,37,39)/t21?,24-,28+,31-/m0/s1. The number of ether oxygens (including phenoxy) is 1. The largest absolute Gasteiger partial charge is 0.488 e. The minimum absolute atomic E-state index is 0.0627. The summed E-state index contributed by atoms with van der Waals surface area (Å²) in [5.74, 6) is -0.582. The molecule has 3 aromatic rings. The van der Waals surface area contributed by atoms with E-state index in [2.05, 4.69) is 16.0 Å². The summed E-state index contributed by atoms with van der Waals surface area (Å²) in [5, 5.41) is 10.4. The molecular formula is C31H29Cl3N4O4. The second-order valence-electron chi connectivity index (χ2n) is 10.8. The van der Waals surface area contributed by atoms with Crippen LogP contribution in [0.5, 0.6) is 5.75 Å². The Kier molecular flexibility index (Phi) is 7.72. The quantitative estimate of drug-likeness (QED) is 0.320. The normalized spacial score (nSPS) is 24.8. The highest BCUT2D eigenvalue weighted by Crippen LogP contribution is 2.58. The van der Waals surface area contributed by atoms with Crippen LogP contribution in [0.2, 0.25) is 15.1 Å². The molecule has 2 fully saturated rings. The van der Waals surface area contributed by atoms with E-state index in [-0.39, 0.29) is 30.4 Å². The number of carbonyl (C=O) groups excluding carboxylic acids is 3. The Morgan fingerprint density at radius 3 is 2.60 bits per heavy atom. The molecule has 11 heteroatoms. The molecule has 4 amide bonds. The second kappa shape index (κ2) is 11.3. The molecule has 8 nitrogen and oxygen atoms in total. The third kappa shape index (κ3) is 4.95. The summed E-state index contributed by atoms with van der Waals surface area (Å²) in [6, 6.07) is 16.8. The Bertz CT molecular complexity index is 1580. The Labute approximate surface area is 258 Å². The van der Waals surface area contributed by atoms with Gasteiger partial charge < -0.3 is 25.6 Å². The van der Waals surface area contributed by atoms with Gasteiger partial charge in [0.2, 0.25) is 11.8 Å². The van der Waals surface area contributed by atoms with Crippen molar-refractivity contribution in [2.45, 2.75) is 43.2 Å². The van der Waals surface area contributed by atoms with Crippen molar-refractivity contribution < 1.29 is 19.1 Å². The highest BCUT2D eigenvalue weighted by Gasteiger charge is 2.61. The Hall–Kier alpha value is -3.46. The van der Waals surface area contributed by atoms with E-state index in [1.165, 1.54) is 0 Å². The van der Waals surface area contributed by atoms with Crippen molar-refractivity contribution in [1.82, 2.24) is 15.5 Å². The molecule has 0 bridgehead atoms. The molecule has 6 rings (SSSR count). The minimum Gasteiger partial charge on any atom is -0.488 e. The van der Waals surface area contributed by atoms with Gasteiger partial charge in [0.25, 0.3) is 0 Å². The van der Waals surface area contributed by atoms with Crippen molar-refractivity contribution in [3.05, 3.63) is 92.4 Å². The van der Waals surface area contributed by atoms with Gasteiger partial charge in [-0.1, -0.05) is 53.0 Å². The first-order chi connectivity index (χ1) is 20.2. The molecule has 3 aliphatic heterocycles. The fourth-order valence-corrected chi connectivity index (χ4v) is 7.12. The van der Waals surface area contributed by atoms with Crippen molar-refractivity contribution in [3.63, 3.8) is 0 Å². The average Bonchev–Trinajstić information content (AvgIpc) is 3.53. The van der Waals surface area contributed by atoms with Crippen LogP contribution in [0.3, 0.4) is 0 Å². The zero-order chi connectivity index (χ0) is 29.6. The van der Waals surface area contributed by atoms with Crippen LogP contribution in [-0.4, -0.2) is 48.5 Å². The van der Waals surface area contributed by atoms with Crippen LogP contribution >= 0.6 is 34.8 Å². The fraction of sp³-hybridized carbons (Fsp3) is 0.323. The summed E-state index contributed by atoms with van der Waals surface area (Å²) in [7, 11) is 0. The lowest BCUT2D eigenvalue weighted by Gasteiger charge is -2.46. The van der Waals surface area contributed by atoms with Crippen molar-refractivity contribution >= 4 is 58.3 Å². The number of halogens is 3. The van der Waals surface area contributed by atoms with Gasteiger partial charge in [0.15, 0.2) is 0 Å². The predicted octanol–water partition coefficient (Wildman–Crippen LogP) is 6.06. The van der Waals surface area contributed by atoms with Gasteiger partial charge in [-0.2, -0.15) is 0 Å². The zero-order valence-electron chi connectivity index (χ0n) is 22.8. The van der Waals surface area contributed by atoms with E-state index in [1.54, 1.807) is 47.4 Å². The second-order valence-corrected chi connectivity index (χ2v) is 12.1. The first-order valence-electron chi connectivity index (χ1n) is 13.9. The molecular weight excluding hydrogens is 599 g/mol. The van der Waals surface area contributed by atoms with Gasteiger partial charge in [0.05, 0.1) is 12.6 Å². The maximum Gasteiger partial charge on any atom is 0.317 e. The number of fused-ring (bicyclic) bond motifs is 2. The van der Waals surface area contributed by atoms with E-state index in [9.17, 15) is 14.4 Å². The van der Waals surface area contributed by atoms with Crippen LogP contribution in [0.4, 0.5) is 10.5 Å². The monoisotopic (exact) mass is 626 g/mol. The van der Waals surface area contributed by atoms with Crippen LogP contribution in [0.1, 0.15) is 48.4 Å². The number of nitrogens with one attached hydrogen (secondary N) is 3. The number of hydrogen-bond donors (Lipinski definition) is 3. The number of amides is 4. The molecule has 0 radical (unpaired) electrons. The van der Waals surface area contributed by atoms with Gasteiger partial charge in [-0.25, -0.2) is 4.79 Å². The molecule has 0 saturated carbocycles. The van der Waals surface area contributed by atoms with Crippen LogP contribution < -0.4 is 20.7 Å². The Morgan fingerprint density at radius 2 is 1.81 bits per heavy atom. The summed E-state index contributed by atoms with van der Waals surface area (Å²) in [5.41, 5.74) is 1.35. The van der Waals surface area contributed by atoms with Crippen LogP contribution in [0, 0.1) is 0 Å². The number of piperidine rings is 1. The van der Waals surface area contributed by atoms with Gasteiger partial charge in [0, 0.05) is 58.2 Å². The van der Waals surface area contributed by atoms with E-state index in [0.717, 1.165) is 5.56 Å². The van der Waals surface area contributed by atoms with Gasteiger partial charge in [-0.05, 0) is 60.5 Å². The number of likely N-dealkylation sites (tertiary alicyclic amines) is 1. The van der Waals surface area contributed by atoms with Gasteiger partial charge in [-0.15, -0.1) is 0 Å². The highest BCUT2D eigenvalue weighted by molar-refractivity contribution is 6.31. The molecule has 0 aliphatic carbocycles. The van der Waals surface area contributed by atoms with Crippen molar-refractivity contribution in [2.75, 3.05) is 25.0 Å². The summed E-state index contributed by atoms with van der Waals surface area (Å²) < 4.78 is 6.51. The summed E-state index contributed by atoms with van der Waals surface area (Å²) in [4.78, 5) is 41.9. The topological polar surface area (TPSA) is 99.8 Å². The molecule has 2 saturated heterocycles. The lowest BCUT2D eigenvalue weighted by Crippen LogP contribution is -2.57. The van der Waals surface area contributed by atoms with Crippen molar-refractivity contribution in [3.8, 4) is 5.75 Å². The van der Waals surface area contributed by atoms with E-state index in [1.807, 2.05) is 25.1 Å². The first-order valence-corrected chi connectivity index (χ1v) is 15.0. The van der Waals surface area contributed by atoms with Gasteiger partial charge in [0.1, 0.15) is 17.3 Å². The molecule has 42 heavy (non-hydrogen) atoms. The van der Waals surface area contributed by atoms with Crippen molar-refractivity contribution in [2.24, 2.45) is 0 Å². The van der Waals surface area contributed by atoms with E-state index >= 15 is 0 Å². The SMILES string of the molecule is CCNC(=O)N1CCC(Oc2ccc(Cl)cc2[C@H]2NC(=O)C[C@@H](c3cccc(Cl)c3)[C@]23C(=O)Nc2cc(Cl)ccc23)C1. The highest BCUT2D eigenvalue weighted by atomic mass is 35.5. The van der Waals surface area contributed by atoms with E-state index in [0.29, 0.717) is 63.7 Å². The fourth-order valence-electron chi connectivity index (χ4n) is 6.57. The number of benzene rings is 3. The smallest absolute Gasteiger partial charge is 0.317 e. The number of nitrogens with zero attached hydrogens (tertiary/aromatic N) is 1. The molecule has 4 atom stereocenters. The molecule has 3 N–H and O–H groups in total.